The molecule has 5 aromatic rings. The Morgan fingerprint density at radius 2 is 1.65 bits per heavy atom. The monoisotopic (exact) mass is 576 g/mol. The molecule has 0 atom stereocenters. The minimum Gasteiger partial charge on any atom is -0.368 e. The van der Waals surface area contributed by atoms with E-state index >= 15 is 0 Å². The van der Waals surface area contributed by atoms with Gasteiger partial charge in [-0.25, -0.2) is 14.3 Å². The summed E-state index contributed by atoms with van der Waals surface area (Å²) in [7, 11) is 0. The van der Waals surface area contributed by atoms with Crippen molar-refractivity contribution in [1.29, 1.82) is 0 Å². The summed E-state index contributed by atoms with van der Waals surface area (Å²) >= 11 is 0. The first-order valence-corrected chi connectivity index (χ1v) is 15.5. The molecule has 2 aliphatic heterocycles. The van der Waals surface area contributed by atoms with Crippen LogP contribution in [0.4, 0.5) is 10.5 Å². The molecule has 1 N–H and O–H groups in total. The van der Waals surface area contributed by atoms with Gasteiger partial charge in [-0.2, -0.15) is 5.10 Å². The van der Waals surface area contributed by atoms with E-state index in [1.54, 1.807) is 6.33 Å². The predicted octanol–water partition coefficient (Wildman–Crippen LogP) is 6.13. The highest BCUT2D eigenvalue weighted by Crippen LogP contribution is 2.40. The smallest absolute Gasteiger partial charge is 0.320 e. The molecule has 0 spiro atoms. The van der Waals surface area contributed by atoms with E-state index in [1.165, 1.54) is 39.0 Å². The Morgan fingerprint density at radius 1 is 0.930 bits per heavy atom. The minimum atomic E-state index is 0.190. The number of fused-ring (bicyclic) bond motifs is 2. The van der Waals surface area contributed by atoms with E-state index in [2.05, 4.69) is 81.9 Å². The number of aryl methyl sites for hydroxylation is 1. The van der Waals surface area contributed by atoms with Crippen LogP contribution in [-0.2, 0) is 0 Å². The molecule has 7 rings (SSSR count). The van der Waals surface area contributed by atoms with E-state index < -0.39 is 0 Å². The van der Waals surface area contributed by atoms with Gasteiger partial charge in [0.15, 0.2) is 5.65 Å². The van der Waals surface area contributed by atoms with Crippen molar-refractivity contribution in [3.63, 3.8) is 0 Å². The van der Waals surface area contributed by atoms with Gasteiger partial charge < -0.3 is 19.7 Å². The second-order valence-corrected chi connectivity index (χ2v) is 12.4. The van der Waals surface area contributed by atoms with Crippen molar-refractivity contribution in [3.8, 4) is 11.3 Å². The van der Waals surface area contributed by atoms with E-state index in [1.807, 2.05) is 33.9 Å². The standard InChI is InChI=1S/C34H40N8O/c1-22(2)31-28-19-26(5-6-30(28)38-32(31)29-20-42-33(36-21-37-42)24(4)23(29)3)25-9-13-40(14-10-25)34(43)41-17-15-39(16-18-41)27-7-11-35-12-8-27/h5-8,11-12,19-22,25,38H,9-10,13-18H2,1-4H3. The van der Waals surface area contributed by atoms with Gasteiger partial charge in [-0.3, -0.25) is 4.98 Å². The zero-order chi connectivity index (χ0) is 29.7. The summed E-state index contributed by atoms with van der Waals surface area (Å²) < 4.78 is 1.88. The number of nitrogens with zero attached hydrogens (tertiary/aromatic N) is 7. The molecule has 2 fully saturated rings. The third-order valence-electron chi connectivity index (χ3n) is 9.65. The van der Waals surface area contributed by atoms with Crippen LogP contribution in [0.25, 0.3) is 27.8 Å². The van der Waals surface area contributed by atoms with Crippen molar-refractivity contribution in [2.45, 2.75) is 52.4 Å². The van der Waals surface area contributed by atoms with Gasteiger partial charge in [-0.15, -0.1) is 0 Å². The number of urea groups is 1. The van der Waals surface area contributed by atoms with Crippen LogP contribution in [0, 0.1) is 13.8 Å². The molecule has 2 amide bonds. The number of hydrogen-bond donors (Lipinski definition) is 1. The van der Waals surface area contributed by atoms with Crippen LogP contribution in [0.3, 0.4) is 0 Å². The number of carbonyl (C=O) groups is 1. The maximum atomic E-state index is 13.4. The van der Waals surface area contributed by atoms with Crippen LogP contribution in [0.2, 0.25) is 0 Å². The zero-order valence-electron chi connectivity index (χ0n) is 25.5. The number of hydrogen-bond acceptors (Lipinski definition) is 5. The fourth-order valence-electron chi connectivity index (χ4n) is 7.07. The molecule has 0 unspecified atom stereocenters. The number of amides is 2. The van der Waals surface area contributed by atoms with E-state index in [4.69, 9.17) is 0 Å². The van der Waals surface area contributed by atoms with Crippen molar-refractivity contribution < 1.29 is 4.79 Å². The molecule has 4 aromatic heterocycles. The van der Waals surface area contributed by atoms with Crippen LogP contribution in [-0.4, -0.2) is 79.7 Å². The molecule has 43 heavy (non-hydrogen) atoms. The molecular weight excluding hydrogens is 536 g/mol. The summed E-state index contributed by atoms with van der Waals surface area (Å²) in [5.41, 5.74) is 10.7. The third kappa shape index (κ3) is 4.90. The lowest BCUT2D eigenvalue weighted by molar-refractivity contribution is 0.137. The molecule has 6 heterocycles. The number of H-pyrrole nitrogens is 1. The number of aromatic nitrogens is 5. The molecule has 0 saturated carbocycles. The van der Waals surface area contributed by atoms with Gasteiger partial charge in [0.2, 0.25) is 0 Å². The third-order valence-corrected chi connectivity index (χ3v) is 9.65. The number of benzene rings is 1. The second kappa shape index (κ2) is 11.0. The largest absolute Gasteiger partial charge is 0.368 e. The molecular formula is C34H40N8O. The lowest BCUT2D eigenvalue weighted by Crippen LogP contribution is -2.54. The summed E-state index contributed by atoms with van der Waals surface area (Å²) in [6.07, 6.45) is 9.36. The maximum Gasteiger partial charge on any atom is 0.320 e. The number of carbonyl (C=O) groups excluding carboxylic acids is 1. The van der Waals surface area contributed by atoms with E-state index in [-0.39, 0.29) is 6.03 Å². The van der Waals surface area contributed by atoms with Crippen molar-refractivity contribution in [2.75, 3.05) is 44.2 Å². The summed E-state index contributed by atoms with van der Waals surface area (Å²) in [6.45, 7) is 13.7. The average Bonchev–Trinajstić information content (AvgIpc) is 3.68. The summed E-state index contributed by atoms with van der Waals surface area (Å²) in [4.78, 5) is 32.2. The van der Waals surface area contributed by atoms with Gasteiger partial charge in [0.05, 0.1) is 5.69 Å². The lowest BCUT2D eigenvalue weighted by atomic mass is 9.87. The molecule has 9 nitrogen and oxygen atoms in total. The molecule has 0 bridgehead atoms. The molecule has 0 radical (unpaired) electrons. The number of pyridine rings is 2. The van der Waals surface area contributed by atoms with Crippen LogP contribution < -0.4 is 4.90 Å². The first-order valence-electron chi connectivity index (χ1n) is 15.5. The topological polar surface area (TPSA) is 85.7 Å². The van der Waals surface area contributed by atoms with Gasteiger partial charge in [-0.05, 0) is 85.0 Å². The van der Waals surface area contributed by atoms with Crippen LogP contribution in [0.1, 0.15) is 60.8 Å². The number of piperazine rings is 1. The number of likely N-dealkylation sites (tertiary alicyclic amines) is 1. The van der Waals surface area contributed by atoms with Gasteiger partial charge in [0.25, 0.3) is 0 Å². The molecule has 222 valence electrons. The Balaban J connectivity index is 1.07. The maximum absolute atomic E-state index is 13.4. The van der Waals surface area contributed by atoms with E-state index in [0.717, 1.165) is 68.8 Å². The van der Waals surface area contributed by atoms with Crippen LogP contribution in [0.5, 0.6) is 0 Å². The SMILES string of the molecule is Cc1c(-c2[nH]c3ccc(C4CCN(C(=O)N5CCN(c6ccncc6)CC5)CC4)cc3c2C(C)C)cn2ncnc2c1C. The average molecular weight is 577 g/mol. The Labute approximate surface area is 252 Å². The van der Waals surface area contributed by atoms with Crippen molar-refractivity contribution in [3.05, 3.63) is 77.5 Å². The van der Waals surface area contributed by atoms with Crippen LogP contribution in [0.15, 0.2) is 55.2 Å². The number of rotatable bonds is 4. The number of anilines is 1. The van der Waals surface area contributed by atoms with Gasteiger partial charge in [-0.1, -0.05) is 19.9 Å². The molecule has 1 aromatic carbocycles. The highest BCUT2D eigenvalue weighted by atomic mass is 16.2. The molecule has 0 aliphatic carbocycles. The number of nitrogens with one attached hydrogen (secondary N) is 1. The second-order valence-electron chi connectivity index (χ2n) is 12.4. The Bertz CT molecular complexity index is 1770. The number of aromatic amines is 1. The Morgan fingerprint density at radius 3 is 2.37 bits per heavy atom. The highest BCUT2D eigenvalue weighted by Gasteiger charge is 2.30. The predicted molar refractivity (Wildman–Crippen MR) is 171 cm³/mol. The molecule has 2 aliphatic rings. The van der Waals surface area contributed by atoms with Gasteiger partial charge >= 0.3 is 6.03 Å². The Hall–Kier alpha value is -4.40. The van der Waals surface area contributed by atoms with Gasteiger partial charge in [0, 0.05) is 80.0 Å². The first-order chi connectivity index (χ1) is 20.9. The zero-order valence-corrected chi connectivity index (χ0v) is 25.5. The lowest BCUT2D eigenvalue weighted by Gasteiger charge is -2.40. The minimum absolute atomic E-state index is 0.190. The quantitative estimate of drug-likeness (QED) is 0.278. The van der Waals surface area contributed by atoms with E-state index in [0.29, 0.717) is 11.8 Å². The fourth-order valence-corrected chi connectivity index (χ4v) is 7.07. The van der Waals surface area contributed by atoms with Crippen molar-refractivity contribution >= 4 is 28.3 Å². The van der Waals surface area contributed by atoms with Crippen LogP contribution >= 0.6 is 0 Å². The summed E-state index contributed by atoms with van der Waals surface area (Å²) in [5.74, 6) is 0.800. The normalized spacial score (nSPS) is 16.6. The molecule has 2 saturated heterocycles. The van der Waals surface area contributed by atoms with Gasteiger partial charge in [0.1, 0.15) is 6.33 Å². The Kier molecular flexibility index (Phi) is 7.03. The van der Waals surface area contributed by atoms with E-state index in [9.17, 15) is 4.79 Å². The number of piperidine rings is 1. The van der Waals surface area contributed by atoms with Crippen molar-refractivity contribution in [1.82, 2.24) is 34.4 Å². The molecule has 9 heteroatoms. The van der Waals surface area contributed by atoms with Crippen molar-refractivity contribution in [2.24, 2.45) is 0 Å². The summed E-state index contributed by atoms with van der Waals surface area (Å²) in [5, 5.41) is 5.73. The highest BCUT2D eigenvalue weighted by molar-refractivity contribution is 5.92. The summed E-state index contributed by atoms with van der Waals surface area (Å²) in [6, 6.07) is 11.2. The first kappa shape index (κ1) is 27.4. The fraction of sp³-hybridized carbons (Fsp3) is 0.412.